The Labute approximate surface area is 130 Å². The Morgan fingerprint density at radius 3 is 2.27 bits per heavy atom. The number of rotatable bonds is 2. The average molecular weight is 293 g/mol. The van der Waals surface area contributed by atoms with Gasteiger partial charge < -0.3 is 9.73 Å². The highest BCUT2D eigenvalue weighted by molar-refractivity contribution is 6.05. The lowest BCUT2D eigenvalue weighted by Gasteiger charge is -2.11. The first-order valence-corrected chi connectivity index (χ1v) is 7.34. The fraction of sp³-hybridized carbons (Fsp3) is 0.211. The van der Waals surface area contributed by atoms with E-state index in [0.29, 0.717) is 5.76 Å². The first kappa shape index (κ1) is 14.4. The van der Waals surface area contributed by atoms with Crippen molar-refractivity contribution in [3.63, 3.8) is 0 Å². The monoisotopic (exact) mass is 293 g/mol. The van der Waals surface area contributed by atoms with E-state index in [0.717, 1.165) is 33.3 Å². The summed E-state index contributed by atoms with van der Waals surface area (Å²) in [5.41, 5.74) is 5.95. The molecule has 3 rings (SSSR count). The summed E-state index contributed by atoms with van der Waals surface area (Å²) in [6.07, 6.45) is 0. The van der Waals surface area contributed by atoms with E-state index >= 15 is 0 Å². The highest BCUT2D eigenvalue weighted by atomic mass is 16.3. The molecule has 0 atom stereocenters. The van der Waals surface area contributed by atoms with Crippen LogP contribution in [-0.2, 0) is 0 Å². The topological polar surface area (TPSA) is 42.2 Å². The van der Waals surface area contributed by atoms with Gasteiger partial charge in [0.1, 0.15) is 5.58 Å². The van der Waals surface area contributed by atoms with Crippen LogP contribution in [0.15, 0.2) is 40.8 Å². The molecule has 0 radical (unpaired) electrons. The third-order valence-electron chi connectivity index (χ3n) is 3.88. The van der Waals surface area contributed by atoms with Crippen LogP contribution >= 0.6 is 0 Å². The van der Waals surface area contributed by atoms with E-state index < -0.39 is 0 Å². The van der Waals surface area contributed by atoms with E-state index in [1.165, 1.54) is 5.56 Å². The number of carbonyl (C=O) groups is 1. The van der Waals surface area contributed by atoms with Crippen LogP contribution in [0.4, 0.5) is 5.69 Å². The number of fused-ring (bicyclic) bond motifs is 1. The van der Waals surface area contributed by atoms with Crippen LogP contribution in [0, 0.1) is 27.7 Å². The van der Waals surface area contributed by atoms with Crippen LogP contribution in [0.25, 0.3) is 11.0 Å². The normalized spacial score (nSPS) is 10.9. The largest absolute Gasteiger partial charge is 0.451 e. The maximum Gasteiger partial charge on any atom is 0.291 e. The van der Waals surface area contributed by atoms with Gasteiger partial charge in [0.05, 0.1) is 0 Å². The molecule has 3 aromatic rings. The lowest BCUT2D eigenvalue weighted by Crippen LogP contribution is -2.13. The van der Waals surface area contributed by atoms with Gasteiger partial charge in [0.25, 0.3) is 5.91 Å². The molecule has 0 spiro atoms. The van der Waals surface area contributed by atoms with Gasteiger partial charge in [0, 0.05) is 11.1 Å². The SMILES string of the molecule is Cc1cc(C)c(NC(=O)c2cc3cccc(C)c3o2)c(C)c1. The van der Waals surface area contributed by atoms with Crippen molar-refractivity contribution in [2.75, 3.05) is 5.32 Å². The van der Waals surface area contributed by atoms with Crippen molar-refractivity contribution in [1.29, 1.82) is 0 Å². The maximum absolute atomic E-state index is 12.5. The summed E-state index contributed by atoms with van der Waals surface area (Å²) in [6, 6.07) is 11.8. The molecule has 22 heavy (non-hydrogen) atoms. The number of furan rings is 1. The lowest BCUT2D eigenvalue weighted by molar-refractivity contribution is 0.0998. The number of amides is 1. The second-order valence-corrected chi connectivity index (χ2v) is 5.83. The van der Waals surface area contributed by atoms with Crippen molar-refractivity contribution in [2.24, 2.45) is 0 Å². The van der Waals surface area contributed by atoms with Crippen molar-refractivity contribution in [3.05, 3.63) is 64.4 Å². The molecule has 0 aliphatic heterocycles. The van der Waals surface area contributed by atoms with E-state index in [4.69, 9.17) is 4.42 Å². The van der Waals surface area contributed by atoms with Crippen LogP contribution in [-0.4, -0.2) is 5.91 Å². The smallest absolute Gasteiger partial charge is 0.291 e. The fourth-order valence-electron chi connectivity index (χ4n) is 2.87. The van der Waals surface area contributed by atoms with E-state index in [9.17, 15) is 4.79 Å². The molecule has 112 valence electrons. The molecule has 0 aliphatic carbocycles. The van der Waals surface area contributed by atoms with E-state index in [2.05, 4.69) is 17.4 Å². The molecule has 0 unspecified atom stereocenters. The predicted octanol–water partition coefficient (Wildman–Crippen LogP) is 4.92. The number of benzene rings is 2. The van der Waals surface area contributed by atoms with Gasteiger partial charge in [-0.25, -0.2) is 0 Å². The van der Waals surface area contributed by atoms with Crippen LogP contribution in [0.1, 0.15) is 32.8 Å². The molecular formula is C19H19NO2. The molecule has 0 aliphatic rings. The van der Waals surface area contributed by atoms with Gasteiger partial charge in [-0.05, 0) is 50.5 Å². The van der Waals surface area contributed by atoms with Gasteiger partial charge in [0.2, 0.25) is 0 Å². The lowest BCUT2D eigenvalue weighted by atomic mass is 10.1. The molecule has 1 heterocycles. The molecule has 0 saturated heterocycles. The Hall–Kier alpha value is -2.55. The Morgan fingerprint density at radius 1 is 0.955 bits per heavy atom. The standard InChI is InChI=1S/C19H19NO2/c1-11-8-13(3)17(14(4)9-11)20-19(21)16-10-15-7-5-6-12(2)18(15)22-16/h5-10H,1-4H3,(H,20,21). The summed E-state index contributed by atoms with van der Waals surface area (Å²) in [7, 11) is 0. The number of hydrogen-bond donors (Lipinski definition) is 1. The van der Waals surface area contributed by atoms with Crippen LogP contribution in [0.3, 0.4) is 0 Å². The summed E-state index contributed by atoms with van der Waals surface area (Å²) in [5, 5.41) is 3.92. The first-order chi connectivity index (χ1) is 10.5. The molecule has 1 N–H and O–H groups in total. The van der Waals surface area contributed by atoms with E-state index in [-0.39, 0.29) is 5.91 Å². The zero-order chi connectivity index (χ0) is 15.9. The summed E-state index contributed by atoms with van der Waals surface area (Å²) in [4.78, 5) is 12.5. The van der Waals surface area contributed by atoms with Crippen LogP contribution in [0.2, 0.25) is 0 Å². The molecule has 0 saturated carbocycles. The number of aryl methyl sites for hydroxylation is 4. The van der Waals surface area contributed by atoms with Crippen molar-refractivity contribution < 1.29 is 9.21 Å². The minimum Gasteiger partial charge on any atom is -0.451 e. The molecule has 0 fully saturated rings. The Kier molecular flexibility index (Phi) is 3.49. The van der Waals surface area contributed by atoms with Crippen molar-refractivity contribution >= 4 is 22.6 Å². The fourth-order valence-corrected chi connectivity index (χ4v) is 2.87. The Balaban J connectivity index is 1.95. The second-order valence-electron chi connectivity index (χ2n) is 5.83. The molecule has 2 aromatic carbocycles. The van der Waals surface area contributed by atoms with E-state index in [1.807, 2.05) is 45.9 Å². The Morgan fingerprint density at radius 2 is 1.64 bits per heavy atom. The first-order valence-electron chi connectivity index (χ1n) is 7.34. The summed E-state index contributed by atoms with van der Waals surface area (Å²) < 4.78 is 5.72. The minimum atomic E-state index is -0.217. The molecule has 1 amide bonds. The maximum atomic E-state index is 12.5. The van der Waals surface area contributed by atoms with Crippen molar-refractivity contribution in [3.8, 4) is 0 Å². The average Bonchev–Trinajstić information content (AvgIpc) is 2.88. The molecule has 3 nitrogen and oxygen atoms in total. The van der Waals surface area contributed by atoms with Gasteiger partial charge in [-0.1, -0.05) is 35.9 Å². The van der Waals surface area contributed by atoms with Gasteiger partial charge in [-0.2, -0.15) is 0 Å². The predicted molar refractivity (Wildman–Crippen MR) is 89.6 cm³/mol. The highest BCUT2D eigenvalue weighted by Crippen LogP contribution is 2.25. The van der Waals surface area contributed by atoms with Crippen LogP contribution in [0.5, 0.6) is 0 Å². The number of para-hydroxylation sites is 1. The third kappa shape index (κ3) is 2.50. The summed E-state index contributed by atoms with van der Waals surface area (Å²) in [5.74, 6) is 0.120. The van der Waals surface area contributed by atoms with Gasteiger partial charge >= 0.3 is 0 Å². The molecular weight excluding hydrogens is 274 g/mol. The van der Waals surface area contributed by atoms with Crippen molar-refractivity contribution in [1.82, 2.24) is 0 Å². The number of carbonyl (C=O) groups excluding carboxylic acids is 1. The van der Waals surface area contributed by atoms with Gasteiger partial charge in [-0.15, -0.1) is 0 Å². The van der Waals surface area contributed by atoms with Crippen molar-refractivity contribution in [2.45, 2.75) is 27.7 Å². The second kappa shape index (κ2) is 5.34. The molecule has 3 heteroatoms. The Bertz CT molecular complexity index is 851. The quantitative estimate of drug-likeness (QED) is 0.728. The number of nitrogens with one attached hydrogen (secondary N) is 1. The summed E-state index contributed by atoms with van der Waals surface area (Å²) in [6.45, 7) is 8.02. The molecule has 1 aromatic heterocycles. The third-order valence-corrected chi connectivity index (χ3v) is 3.88. The van der Waals surface area contributed by atoms with Crippen LogP contribution < -0.4 is 5.32 Å². The zero-order valence-electron chi connectivity index (χ0n) is 13.3. The summed E-state index contributed by atoms with van der Waals surface area (Å²) >= 11 is 0. The number of anilines is 1. The highest BCUT2D eigenvalue weighted by Gasteiger charge is 2.15. The molecule has 0 bridgehead atoms. The minimum absolute atomic E-state index is 0.217. The zero-order valence-corrected chi connectivity index (χ0v) is 13.3. The van der Waals surface area contributed by atoms with Gasteiger partial charge in [0.15, 0.2) is 5.76 Å². The number of hydrogen-bond acceptors (Lipinski definition) is 2. The van der Waals surface area contributed by atoms with E-state index in [1.54, 1.807) is 6.07 Å². The van der Waals surface area contributed by atoms with Gasteiger partial charge in [-0.3, -0.25) is 4.79 Å².